The van der Waals surface area contributed by atoms with Gasteiger partial charge in [-0.25, -0.2) is 8.42 Å². The van der Waals surface area contributed by atoms with E-state index in [2.05, 4.69) is 5.32 Å². The first-order chi connectivity index (χ1) is 17.4. The minimum Gasteiger partial charge on any atom is -0.495 e. The molecule has 12 heteroatoms. The minimum atomic E-state index is -4.08. The molecule has 202 valence electrons. The maximum atomic E-state index is 13.7. The lowest BCUT2D eigenvalue weighted by Gasteiger charge is -2.33. The van der Waals surface area contributed by atoms with Gasteiger partial charge in [0.05, 0.1) is 18.3 Å². The Morgan fingerprint density at radius 1 is 1.14 bits per heavy atom. The Balaban J connectivity index is 2.49. The summed E-state index contributed by atoms with van der Waals surface area (Å²) in [6.45, 7) is 4.87. The van der Waals surface area contributed by atoms with Crippen LogP contribution in [-0.4, -0.2) is 68.6 Å². The molecule has 0 aromatic heterocycles. The number of nitro groups is 1. The molecular formula is C25H34N4O7S. The van der Waals surface area contributed by atoms with E-state index in [-0.39, 0.29) is 35.6 Å². The monoisotopic (exact) mass is 534 g/mol. The molecule has 1 N–H and O–H groups in total. The van der Waals surface area contributed by atoms with E-state index >= 15 is 0 Å². The average molecular weight is 535 g/mol. The largest absolute Gasteiger partial charge is 0.495 e. The molecule has 0 spiro atoms. The van der Waals surface area contributed by atoms with Crippen molar-refractivity contribution in [2.45, 2.75) is 45.7 Å². The number of non-ortho nitro benzene ring substituents is 1. The normalized spacial score (nSPS) is 12.1. The van der Waals surface area contributed by atoms with Crippen LogP contribution in [0.1, 0.15) is 32.8 Å². The number of hydrogen-bond donors (Lipinski definition) is 1. The number of nitro benzene ring substituents is 1. The number of ether oxygens (including phenoxy) is 1. The lowest BCUT2D eigenvalue weighted by molar-refractivity contribution is -0.384. The third-order valence-electron chi connectivity index (χ3n) is 5.62. The lowest BCUT2D eigenvalue weighted by Crippen LogP contribution is -2.54. The Hall–Kier alpha value is -3.67. The van der Waals surface area contributed by atoms with Crippen LogP contribution >= 0.6 is 0 Å². The summed E-state index contributed by atoms with van der Waals surface area (Å²) in [5.41, 5.74) is 0.440. The maximum absolute atomic E-state index is 13.7. The van der Waals surface area contributed by atoms with Crippen LogP contribution in [0.15, 0.2) is 48.5 Å². The van der Waals surface area contributed by atoms with Gasteiger partial charge in [-0.3, -0.25) is 24.0 Å². The van der Waals surface area contributed by atoms with Crippen molar-refractivity contribution in [3.63, 3.8) is 0 Å². The van der Waals surface area contributed by atoms with Gasteiger partial charge < -0.3 is 15.0 Å². The number of carbonyl (C=O) groups is 2. The molecule has 0 saturated heterocycles. The number of amides is 2. The van der Waals surface area contributed by atoms with Crippen LogP contribution in [0, 0.1) is 10.1 Å². The first-order valence-corrected chi connectivity index (χ1v) is 13.7. The molecule has 0 fully saturated rings. The lowest BCUT2D eigenvalue weighted by atomic mass is 10.1. The number of sulfonamides is 1. The van der Waals surface area contributed by atoms with Crippen LogP contribution in [0.25, 0.3) is 0 Å². The zero-order valence-corrected chi connectivity index (χ0v) is 22.5. The number of rotatable bonds is 13. The Bertz CT molecular complexity index is 1200. The van der Waals surface area contributed by atoms with Crippen molar-refractivity contribution in [2.75, 3.05) is 30.8 Å². The van der Waals surface area contributed by atoms with Gasteiger partial charge in [0.2, 0.25) is 21.8 Å². The van der Waals surface area contributed by atoms with E-state index in [0.717, 1.165) is 22.2 Å². The minimum absolute atomic E-state index is 0.0456. The molecule has 11 nitrogen and oxygen atoms in total. The smallest absolute Gasteiger partial charge is 0.271 e. The molecule has 0 heterocycles. The van der Waals surface area contributed by atoms with Crippen molar-refractivity contribution >= 4 is 33.2 Å². The first-order valence-electron chi connectivity index (χ1n) is 11.8. The summed E-state index contributed by atoms with van der Waals surface area (Å²) in [5.74, 6) is -0.928. The molecule has 0 aliphatic rings. The highest BCUT2D eigenvalue weighted by atomic mass is 32.2. The number of carbonyl (C=O) groups excluding carboxylic acids is 2. The van der Waals surface area contributed by atoms with Gasteiger partial charge in [0.1, 0.15) is 24.0 Å². The van der Waals surface area contributed by atoms with Crippen LogP contribution in [0.2, 0.25) is 0 Å². The SMILES string of the molecule is CC[C@@H](C(=O)NC(C)C)N(CCc1ccccc1)C(=O)CN(c1cc([N+](=O)[O-])ccc1OC)S(C)(=O)=O. The predicted octanol–water partition coefficient (Wildman–Crippen LogP) is 2.74. The van der Waals surface area contributed by atoms with Crippen molar-refractivity contribution in [1.29, 1.82) is 0 Å². The highest BCUT2D eigenvalue weighted by Crippen LogP contribution is 2.33. The van der Waals surface area contributed by atoms with E-state index in [1.807, 2.05) is 30.3 Å². The summed E-state index contributed by atoms with van der Waals surface area (Å²) < 4.78 is 31.6. The topological polar surface area (TPSA) is 139 Å². The van der Waals surface area contributed by atoms with Crippen LogP contribution in [0.3, 0.4) is 0 Å². The molecule has 0 unspecified atom stereocenters. The van der Waals surface area contributed by atoms with Crippen LogP contribution in [-0.2, 0) is 26.0 Å². The molecule has 2 aromatic carbocycles. The second-order valence-corrected chi connectivity index (χ2v) is 10.7. The van der Waals surface area contributed by atoms with Gasteiger partial charge in [-0.1, -0.05) is 37.3 Å². The number of methoxy groups -OCH3 is 1. The predicted molar refractivity (Wildman–Crippen MR) is 141 cm³/mol. The number of anilines is 1. The Labute approximate surface area is 217 Å². The van der Waals surface area contributed by atoms with Gasteiger partial charge in [0.25, 0.3) is 5.69 Å². The molecule has 0 aliphatic heterocycles. The van der Waals surface area contributed by atoms with Gasteiger partial charge in [-0.15, -0.1) is 0 Å². The molecule has 37 heavy (non-hydrogen) atoms. The highest BCUT2D eigenvalue weighted by Gasteiger charge is 2.33. The molecule has 0 aliphatic carbocycles. The van der Waals surface area contributed by atoms with Gasteiger partial charge in [0.15, 0.2) is 0 Å². The van der Waals surface area contributed by atoms with Crippen molar-refractivity contribution in [1.82, 2.24) is 10.2 Å². The van der Waals surface area contributed by atoms with E-state index in [1.165, 1.54) is 24.1 Å². The molecule has 1 atom stereocenters. The fourth-order valence-corrected chi connectivity index (χ4v) is 4.70. The Morgan fingerprint density at radius 3 is 2.30 bits per heavy atom. The second kappa shape index (κ2) is 13.0. The highest BCUT2D eigenvalue weighted by molar-refractivity contribution is 7.92. The zero-order chi connectivity index (χ0) is 27.8. The summed E-state index contributed by atoms with van der Waals surface area (Å²) in [4.78, 5) is 38.7. The number of nitrogens with one attached hydrogen (secondary N) is 1. The van der Waals surface area contributed by atoms with Crippen molar-refractivity contribution in [3.05, 3.63) is 64.2 Å². The number of nitrogens with zero attached hydrogens (tertiary/aromatic N) is 3. The second-order valence-electron chi connectivity index (χ2n) is 8.79. The third kappa shape index (κ3) is 8.17. The number of hydrogen-bond acceptors (Lipinski definition) is 7. The van der Waals surface area contributed by atoms with Crippen molar-refractivity contribution in [3.8, 4) is 5.75 Å². The molecule has 0 radical (unpaired) electrons. The molecule has 2 rings (SSSR count). The van der Waals surface area contributed by atoms with E-state index in [0.29, 0.717) is 12.8 Å². The molecular weight excluding hydrogens is 500 g/mol. The first kappa shape index (κ1) is 29.6. The summed E-state index contributed by atoms with van der Waals surface area (Å²) in [6, 6.07) is 11.9. The summed E-state index contributed by atoms with van der Waals surface area (Å²) in [6.07, 6.45) is 1.64. The quantitative estimate of drug-likeness (QED) is 0.308. The van der Waals surface area contributed by atoms with E-state index in [1.54, 1.807) is 20.8 Å². The van der Waals surface area contributed by atoms with Crippen molar-refractivity contribution < 1.29 is 27.7 Å². The van der Waals surface area contributed by atoms with Gasteiger partial charge in [-0.05, 0) is 38.3 Å². The van der Waals surface area contributed by atoms with E-state index in [4.69, 9.17) is 4.74 Å². The molecule has 0 bridgehead atoms. The van der Waals surface area contributed by atoms with E-state index < -0.39 is 33.4 Å². The summed E-state index contributed by atoms with van der Waals surface area (Å²) in [7, 11) is -2.78. The fourth-order valence-electron chi connectivity index (χ4n) is 3.86. The van der Waals surface area contributed by atoms with Gasteiger partial charge >= 0.3 is 0 Å². The van der Waals surface area contributed by atoms with Crippen molar-refractivity contribution in [2.24, 2.45) is 0 Å². The van der Waals surface area contributed by atoms with Gasteiger partial charge in [0, 0.05) is 24.7 Å². The fraction of sp³-hybridized carbons (Fsp3) is 0.440. The van der Waals surface area contributed by atoms with Crippen LogP contribution < -0.4 is 14.4 Å². The summed E-state index contributed by atoms with van der Waals surface area (Å²) in [5, 5.41) is 14.2. The summed E-state index contributed by atoms with van der Waals surface area (Å²) >= 11 is 0. The molecule has 2 amide bonds. The zero-order valence-electron chi connectivity index (χ0n) is 21.7. The van der Waals surface area contributed by atoms with Crippen LogP contribution in [0.5, 0.6) is 5.75 Å². The maximum Gasteiger partial charge on any atom is 0.271 e. The van der Waals surface area contributed by atoms with Crippen LogP contribution in [0.4, 0.5) is 11.4 Å². The molecule has 0 saturated carbocycles. The Morgan fingerprint density at radius 2 is 1.78 bits per heavy atom. The molecule has 2 aromatic rings. The third-order valence-corrected chi connectivity index (χ3v) is 6.75. The van der Waals surface area contributed by atoms with Gasteiger partial charge in [-0.2, -0.15) is 0 Å². The number of benzene rings is 2. The van der Waals surface area contributed by atoms with E-state index in [9.17, 15) is 28.1 Å². The standard InChI is InChI=1S/C25H34N4O7S/c1-6-21(25(31)26-18(2)3)27(15-14-19-10-8-7-9-11-19)24(30)17-28(37(5,34)35)22-16-20(29(32)33)12-13-23(22)36-4/h7-13,16,18,21H,6,14-15,17H2,1-5H3,(H,26,31)/t21-/m0/s1. The Kier molecular flexibility index (Phi) is 10.4. The average Bonchev–Trinajstić information content (AvgIpc) is 2.83.